The number of nitrogens with one attached hydrogen (secondary N) is 2. The van der Waals surface area contributed by atoms with Crippen LogP contribution in [0.3, 0.4) is 0 Å². The fourth-order valence-corrected chi connectivity index (χ4v) is 4.79. The van der Waals surface area contributed by atoms with Gasteiger partial charge in [-0.3, -0.25) is 14.5 Å². The van der Waals surface area contributed by atoms with Gasteiger partial charge in [-0.25, -0.2) is 0 Å². The van der Waals surface area contributed by atoms with Crippen molar-refractivity contribution in [3.8, 4) is 0 Å². The molecule has 0 bridgehead atoms. The molecule has 4 rings (SSSR count). The highest BCUT2D eigenvalue weighted by Gasteiger charge is 2.23. The molecule has 0 radical (unpaired) electrons. The molecule has 0 aromatic heterocycles. The van der Waals surface area contributed by atoms with E-state index >= 15 is 0 Å². The number of rotatable bonds is 5. The van der Waals surface area contributed by atoms with Crippen molar-refractivity contribution in [1.29, 1.82) is 0 Å². The Balaban J connectivity index is 1.39. The van der Waals surface area contributed by atoms with Gasteiger partial charge in [-0.2, -0.15) is 0 Å². The average Bonchev–Trinajstić information content (AvgIpc) is 3.20. The zero-order valence-electron chi connectivity index (χ0n) is 16.5. The number of benzene rings is 2. The number of anilines is 1. The Labute approximate surface area is 175 Å². The van der Waals surface area contributed by atoms with Crippen molar-refractivity contribution in [1.82, 2.24) is 10.2 Å². The minimum absolute atomic E-state index is 0.0501. The van der Waals surface area contributed by atoms with E-state index in [2.05, 4.69) is 22.5 Å². The van der Waals surface area contributed by atoms with E-state index in [0.29, 0.717) is 23.1 Å². The first kappa shape index (κ1) is 19.7. The molecule has 0 saturated carbocycles. The van der Waals surface area contributed by atoms with Gasteiger partial charge in [-0.05, 0) is 61.8 Å². The molecule has 1 atom stereocenters. The van der Waals surface area contributed by atoms with Crippen molar-refractivity contribution in [2.45, 2.75) is 30.7 Å². The molecule has 0 aliphatic carbocycles. The van der Waals surface area contributed by atoms with E-state index in [4.69, 9.17) is 0 Å². The van der Waals surface area contributed by atoms with E-state index < -0.39 is 0 Å². The third kappa shape index (κ3) is 4.54. The summed E-state index contributed by atoms with van der Waals surface area (Å²) in [5.74, 6) is -0.154. The highest BCUT2D eigenvalue weighted by atomic mass is 32.2. The van der Waals surface area contributed by atoms with Gasteiger partial charge in [0.1, 0.15) is 0 Å². The number of hydrogen-bond donors (Lipinski definition) is 2. The van der Waals surface area contributed by atoms with Gasteiger partial charge in [0, 0.05) is 23.0 Å². The number of carbonyl (C=O) groups is 2. The molecule has 150 valence electrons. The molecule has 2 aromatic carbocycles. The fourth-order valence-electron chi connectivity index (χ4n) is 3.84. The van der Waals surface area contributed by atoms with Crippen LogP contribution in [0.15, 0.2) is 58.3 Å². The highest BCUT2D eigenvalue weighted by Crippen LogP contribution is 2.38. The molecule has 2 aliphatic rings. The van der Waals surface area contributed by atoms with E-state index in [1.54, 1.807) is 0 Å². The second-order valence-corrected chi connectivity index (χ2v) is 8.40. The van der Waals surface area contributed by atoms with E-state index in [1.165, 1.54) is 18.2 Å². The van der Waals surface area contributed by atoms with Crippen molar-refractivity contribution >= 4 is 35.3 Å². The first-order valence-electron chi connectivity index (χ1n) is 10.1. The van der Waals surface area contributed by atoms with Crippen molar-refractivity contribution in [3.63, 3.8) is 0 Å². The summed E-state index contributed by atoms with van der Waals surface area (Å²) in [5.41, 5.74) is 2.38. The number of nitrogens with zero attached hydrogens (tertiary/aromatic N) is 1. The van der Waals surface area contributed by atoms with Crippen molar-refractivity contribution in [2.24, 2.45) is 0 Å². The maximum Gasteiger partial charge on any atom is 0.262 e. The van der Waals surface area contributed by atoms with Crippen LogP contribution in [0.1, 0.15) is 35.7 Å². The third-order valence-corrected chi connectivity index (χ3v) is 6.55. The minimum Gasteiger partial charge on any atom is -0.350 e. The van der Waals surface area contributed by atoms with Crippen molar-refractivity contribution in [2.75, 3.05) is 25.0 Å². The second kappa shape index (κ2) is 8.84. The Morgan fingerprint density at radius 3 is 2.83 bits per heavy atom. The molecule has 0 unspecified atom stereocenters. The Morgan fingerprint density at radius 2 is 2.03 bits per heavy atom. The largest absolute Gasteiger partial charge is 0.350 e. The van der Waals surface area contributed by atoms with Crippen LogP contribution < -0.4 is 10.6 Å². The molecule has 2 aromatic rings. The number of fused-ring (bicyclic) bond motifs is 1. The van der Waals surface area contributed by atoms with Crippen LogP contribution in [0.2, 0.25) is 0 Å². The van der Waals surface area contributed by atoms with Gasteiger partial charge in [-0.1, -0.05) is 43.0 Å². The zero-order chi connectivity index (χ0) is 20.2. The molecule has 1 fully saturated rings. The Hall–Kier alpha value is -2.57. The van der Waals surface area contributed by atoms with Crippen LogP contribution in [-0.4, -0.2) is 42.4 Å². The highest BCUT2D eigenvalue weighted by molar-refractivity contribution is 8.04. The molecular weight excluding hydrogens is 382 g/mol. The number of amides is 2. The van der Waals surface area contributed by atoms with Crippen LogP contribution in [0, 0.1) is 0 Å². The topological polar surface area (TPSA) is 61.4 Å². The van der Waals surface area contributed by atoms with Crippen LogP contribution in [-0.2, 0) is 4.79 Å². The summed E-state index contributed by atoms with van der Waals surface area (Å²) in [6.07, 6.45) is 4.20. The van der Waals surface area contributed by atoms with Gasteiger partial charge in [0.15, 0.2) is 0 Å². The molecule has 5 nitrogen and oxygen atoms in total. The lowest BCUT2D eigenvalue weighted by molar-refractivity contribution is -0.112. The number of likely N-dealkylation sites (tertiary alicyclic amines) is 1. The molecule has 2 N–H and O–H groups in total. The number of para-hydroxylation sites is 1. The van der Waals surface area contributed by atoms with E-state index in [0.717, 1.165) is 35.7 Å². The summed E-state index contributed by atoms with van der Waals surface area (Å²) in [5, 5.41) is 5.98. The summed E-state index contributed by atoms with van der Waals surface area (Å²) in [6, 6.07) is 15.6. The molecule has 2 heterocycles. The molecule has 2 aliphatic heterocycles. The molecular formula is C23H25N3O2S. The SMILES string of the molecule is CCN1CCC[C@@H]1CNC(=O)c1ccc(/C=C2/Sc3ccccc3NC2=O)cc1. The van der Waals surface area contributed by atoms with Crippen LogP contribution in [0.25, 0.3) is 6.08 Å². The predicted octanol–water partition coefficient (Wildman–Crippen LogP) is 3.99. The van der Waals surface area contributed by atoms with Crippen molar-refractivity contribution in [3.05, 3.63) is 64.6 Å². The number of hydrogen-bond acceptors (Lipinski definition) is 4. The standard InChI is InChI=1S/C23H25N3O2S/c1-2-26-13-5-6-18(26)15-24-22(27)17-11-9-16(10-12-17)14-21-23(28)25-19-7-3-4-8-20(19)29-21/h3-4,7-12,14,18H,2,5-6,13,15H2,1H3,(H,24,27)(H,25,28)/b21-14+/t18-/m1/s1. The van der Waals surface area contributed by atoms with Crippen LogP contribution in [0.4, 0.5) is 5.69 Å². The van der Waals surface area contributed by atoms with Crippen molar-refractivity contribution < 1.29 is 9.59 Å². The Kier molecular flexibility index (Phi) is 6.02. The van der Waals surface area contributed by atoms with E-state index in [-0.39, 0.29) is 11.8 Å². The lowest BCUT2D eigenvalue weighted by Crippen LogP contribution is -2.40. The number of carbonyl (C=O) groups excluding carboxylic acids is 2. The number of likely N-dealkylation sites (N-methyl/N-ethyl adjacent to an activating group) is 1. The van der Waals surface area contributed by atoms with Gasteiger partial charge in [-0.15, -0.1) is 0 Å². The quantitative estimate of drug-likeness (QED) is 0.736. The maximum absolute atomic E-state index is 12.5. The second-order valence-electron chi connectivity index (χ2n) is 7.32. The fraction of sp³-hybridized carbons (Fsp3) is 0.304. The lowest BCUT2D eigenvalue weighted by Gasteiger charge is -2.22. The van der Waals surface area contributed by atoms with Gasteiger partial charge in [0.05, 0.1) is 10.6 Å². The third-order valence-electron chi connectivity index (χ3n) is 5.45. The summed E-state index contributed by atoms with van der Waals surface area (Å²) in [7, 11) is 0. The molecule has 29 heavy (non-hydrogen) atoms. The summed E-state index contributed by atoms with van der Waals surface area (Å²) in [4.78, 5) is 28.9. The van der Waals surface area contributed by atoms with Crippen LogP contribution >= 0.6 is 11.8 Å². The van der Waals surface area contributed by atoms with E-state index in [1.807, 2.05) is 54.6 Å². The maximum atomic E-state index is 12.5. The van der Waals surface area contributed by atoms with Gasteiger partial charge in [0.2, 0.25) is 0 Å². The predicted molar refractivity (Wildman–Crippen MR) is 118 cm³/mol. The van der Waals surface area contributed by atoms with E-state index in [9.17, 15) is 9.59 Å². The first-order valence-corrected chi connectivity index (χ1v) is 10.9. The minimum atomic E-state index is -0.104. The molecule has 6 heteroatoms. The van der Waals surface area contributed by atoms with Gasteiger partial charge >= 0.3 is 0 Å². The monoisotopic (exact) mass is 407 g/mol. The Morgan fingerprint density at radius 1 is 1.24 bits per heavy atom. The normalized spacial score (nSPS) is 20.4. The van der Waals surface area contributed by atoms with Gasteiger partial charge < -0.3 is 10.6 Å². The summed E-state index contributed by atoms with van der Waals surface area (Å²) in [6.45, 7) is 5.00. The molecule has 0 spiro atoms. The van der Waals surface area contributed by atoms with Crippen LogP contribution in [0.5, 0.6) is 0 Å². The molecule has 2 amide bonds. The summed E-state index contributed by atoms with van der Waals surface area (Å²) >= 11 is 1.46. The average molecular weight is 408 g/mol. The number of thioether (sulfide) groups is 1. The smallest absolute Gasteiger partial charge is 0.262 e. The summed E-state index contributed by atoms with van der Waals surface area (Å²) < 4.78 is 0. The zero-order valence-corrected chi connectivity index (χ0v) is 17.3. The molecule has 1 saturated heterocycles. The Bertz CT molecular complexity index is 939. The first-order chi connectivity index (χ1) is 14.1. The van der Waals surface area contributed by atoms with Gasteiger partial charge in [0.25, 0.3) is 11.8 Å². The lowest BCUT2D eigenvalue weighted by atomic mass is 10.1.